The molecular formula is C18H14F3N5O. The lowest BCUT2D eigenvalue weighted by atomic mass is 10.0. The normalized spacial score (nSPS) is 16.1. The molecule has 1 aromatic heterocycles. The van der Waals surface area contributed by atoms with E-state index in [1.165, 1.54) is 12.1 Å². The van der Waals surface area contributed by atoms with Crippen LogP contribution in [-0.4, -0.2) is 38.7 Å². The molecule has 0 saturated heterocycles. The number of fused-ring (bicyclic) bond motifs is 1. The Labute approximate surface area is 152 Å². The quantitative estimate of drug-likeness (QED) is 0.823. The van der Waals surface area contributed by atoms with E-state index in [0.717, 1.165) is 17.0 Å². The first-order valence-electron chi connectivity index (χ1n) is 8.08. The first-order valence-corrected chi connectivity index (χ1v) is 8.08. The highest BCUT2D eigenvalue weighted by Crippen LogP contribution is 2.27. The highest BCUT2D eigenvalue weighted by molar-refractivity contribution is 6.00. The Morgan fingerprint density at radius 1 is 1.04 bits per heavy atom. The average Bonchev–Trinajstić information content (AvgIpc) is 3.03. The lowest BCUT2D eigenvalue weighted by Crippen LogP contribution is -2.27. The first kappa shape index (κ1) is 17.1. The van der Waals surface area contributed by atoms with Crippen molar-refractivity contribution >= 4 is 11.4 Å². The third kappa shape index (κ3) is 4.08. The van der Waals surface area contributed by atoms with Crippen LogP contribution in [0.5, 0.6) is 5.75 Å². The molecule has 6 nitrogen and oxygen atoms in total. The molecule has 2 aliphatic rings. The van der Waals surface area contributed by atoms with E-state index in [0.29, 0.717) is 19.0 Å². The Kier molecular flexibility index (Phi) is 4.27. The molecule has 0 saturated carbocycles. The van der Waals surface area contributed by atoms with Crippen molar-refractivity contribution in [3.05, 3.63) is 72.5 Å². The number of alkyl halides is 3. The lowest BCUT2D eigenvalue weighted by Gasteiger charge is -2.20. The SMILES string of the molecule is FC(F)(F)Oc1ccc(C2=CN3CN(Cc4ncccn4)N=C3C=C2)cc1. The van der Waals surface area contributed by atoms with Gasteiger partial charge in [0.2, 0.25) is 0 Å². The summed E-state index contributed by atoms with van der Waals surface area (Å²) >= 11 is 0. The number of allylic oxidation sites excluding steroid dienone is 2. The number of aromatic nitrogens is 2. The van der Waals surface area contributed by atoms with Crippen molar-refractivity contribution in [3.63, 3.8) is 0 Å². The van der Waals surface area contributed by atoms with Crippen LogP contribution < -0.4 is 4.74 Å². The number of hydrogen-bond donors (Lipinski definition) is 0. The van der Waals surface area contributed by atoms with Crippen LogP contribution in [-0.2, 0) is 6.54 Å². The standard InChI is InChI=1S/C18H14F3N5O/c19-18(20,21)27-15-5-2-13(3-6-15)14-4-7-17-24-26(12-25(17)10-14)11-16-22-8-1-9-23-16/h1-10H,11-12H2. The van der Waals surface area contributed by atoms with Crippen LogP contribution in [0.3, 0.4) is 0 Å². The molecule has 0 unspecified atom stereocenters. The number of hydrazone groups is 1. The highest BCUT2D eigenvalue weighted by atomic mass is 19.4. The number of benzene rings is 1. The zero-order chi connectivity index (χ0) is 18.9. The van der Waals surface area contributed by atoms with Gasteiger partial charge in [-0.05, 0) is 41.5 Å². The van der Waals surface area contributed by atoms with Gasteiger partial charge in [0.15, 0.2) is 5.84 Å². The van der Waals surface area contributed by atoms with E-state index >= 15 is 0 Å². The Hall–Kier alpha value is -3.36. The molecule has 0 radical (unpaired) electrons. The number of rotatable bonds is 4. The van der Waals surface area contributed by atoms with Crippen molar-refractivity contribution in [2.45, 2.75) is 12.9 Å². The fraction of sp³-hybridized carbons (Fsp3) is 0.167. The van der Waals surface area contributed by atoms with Gasteiger partial charge in [-0.15, -0.1) is 13.2 Å². The maximum absolute atomic E-state index is 12.3. The minimum absolute atomic E-state index is 0.246. The molecule has 0 bridgehead atoms. The second-order valence-electron chi connectivity index (χ2n) is 5.89. The fourth-order valence-electron chi connectivity index (χ4n) is 2.77. The molecule has 138 valence electrons. The smallest absolute Gasteiger partial charge is 0.406 e. The number of amidine groups is 1. The molecule has 0 amide bonds. The van der Waals surface area contributed by atoms with Gasteiger partial charge >= 0.3 is 6.36 Å². The molecule has 0 aliphatic carbocycles. The summed E-state index contributed by atoms with van der Waals surface area (Å²) in [7, 11) is 0. The van der Waals surface area contributed by atoms with E-state index in [1.54, 1.807) is 30.6 Å². The van der Waals surface area contributed by atoms with Crippen LogP contribution in [0.4, 0.5) is 13.2 Å². The van der Waals surface area contributed by atoms with E-state index in [1.807, 2.05) is 28.3 Å². The predicted octanol–water partition coefficient (Wildman–Crippen LogP) is 3.37. The van der Waals surface area contributed by atoms with Gasteiger partial charge in [-0.25, -0.2) is 9.97 Å². The molecular weight excluding hydrogens is 359 g/mol. The minimum atomic E-state index is -4.70. The fourth-order valence-corrected chi connectivity index (χ4v) is 2.77. The number of hydrogen-bond acceptors (Lipinski definition) is 6. The number of nitrogens with zero attached hydrogens (tertiary/aromatic N) is 5. The topological polar surface area (TPSA) is 53.9 Å². The third-order valence-corrected chi connectivity index (χ3v) is 3.93. The van der Waals surface area contributed by atoms with Gasteiger partial charge in [-0.1, -0.05) is 12.1 Å². The van der Waals surface area contributed by atoms with Crippen LogP contribution >= 0.6 is 0 Å². The molecule has 0 atom stereocenters. The summed E-state index contributed by atoms with van der Waals surface area (Å²) < 4.78 is 40.7. The Morgan fingerprint density at radius 2 is 1.78 bits per heavy atom. The maximum atomic E-state index is 12.3. The van der Waals surface area contributed by atoms with Crippen LogP contribution in [0.25, 0.3) is 5.57 Å². The monoisotopic (exact) mass is 373 g/mol. The molecule has 0 N–H and O–H groups in total. The molecule has 1 aromatic carbocycles. The van der Waals surface area contributed by atoms with Gasteiger partial charge in [0, 0.05) is 18.6 Å². The first-order chi connectivity index (χ1) is 13.0. The van der Waals surface area contributed by atoms with E-state index < -0.39 is 6.36 Å². The van der Waals surface area contributed by atoms with E-state index in [9.17, 15) is 13.2 Å². The zero-order valence-corrected chi connectivity index (χ0v) is 14.0. The Balaban J connectivity index is 1.45. The Bertz CT molecular complexity index is 907. The zero-order valence-electron chi connectivity index (χ0n) is 14.0. The van der Waals surface area contributed by atoms with Gasteiger partial charge in [0.1, 0.15) is 18.2 Å². The van der Waals surface area contributed by atoms with Crippen LogP contribution in [0, 0.1) is 0 Å². The Morgan fingerprint density at radius 3 is 2.48 bits per heavy atom. The molecule has 0 fully saturated rings. The average molecular weight is 373 g/mol. The van der Waals surface area contributed by atoms with E-state index in [4.69, 9.17) is 0 Å². The second kappa shape index (κ2) is 6.75. The molecule has 2 aliphatic heterocycles. The van der Waals surface area contributed by atoms with Crippen LogP contribution in [0.2, 0.25) is 0 Å². The molecule has 3 heterocycles. The summed E-state index contributed by atoms with van der Waals surface area (Å²) in [5, 5.41) is 6.35. The van der Waals surface area contributed by atoms with Gasteiger partial charge in [-0.2, -0.15) is 5.10 Å². The molecule has 2 aromatic rings. The van der Waals surface area contributed by atoms with Crippen molar-refractivity contribution < 1.29 is 17.9 Å². The van der Waals surface area contributed by atoms with Crippen molar-refractivity contribution in [1.82, 2.24) is 19.9 Å². The van der Waals surface area contributed by atoms with Crippen LogP contribution in [0.15, 0.2) is 66.2 Å². The molecule has 0 spiro atoms. The number of halogens is 3. The summed E-state index contributed by atoms with van der Waals surface area (Å²) in [6, 6.07) is 7.52. The third-order valence-electron chi connectivity index (χ3n) is 3.93. The molecule has 4 rings (SSSR count). The van der Waals surface area contributed by atoms with Gasteiger partial charge in [-0.3, -0.25) is 5.01 Å². The van der Waals surface area contributed by atoms with Gasteiger partial charge < -0.3 is 9.64 Å². The summed E-state index contributed by atoms with van der Waals surface area (Å²) in [4.78, 5) is 10.3. The van der Waals surface area contributed by atoms with Crippen molar-refractivity contribution in [2.24, 2.45) is 5.10 Å². The summed E-state index contributed by atoms with van der Waals surface area (Å²) in [6.07, 6.45) is 4.31. The van der Waals surface area contributed by atoms with Crippen molar-refractivity contribution in [2.75, 3.05) is 6.67 Å². The van der Waals surface area contributed by atoms with E-state index in [2.05, 4.69) is 19.8 Å². The number of ether oxygens (including phenoxy) is 1. The van der Waals surface area contributed by atoms with Crippen molar-refractivity contribution in [1.29, 1.82) is 0 Å². The summed E-state index contributed by atoms with van der Waals surface area (Å²) in [6.45, 7) is 1.03. The predicted molar refractivity (Wildman–Crippen MR) is 92.0 cm³/mol. The van der Waals surface area contributed by atoms with Crippen molar-refractivity contribution in [3.8, 4) is 5.75 Å². The largest absolute Gasteiger partial charge is 0.573 e. The van der Waals surface area contributed by atoms with Gasteiger partial charge in [0.05, 0.1) is 6.54 Å². The maximum Gasteiger partial charge on any atom is 0.573 e. The van der Waals surface area contributed by atoms with Gasteiger partial charge in [0.25, 0.3) is 0 Å². The molecule has 27 heavy (non-hydrogen) atoms. The minimum Gasteiger partial charge on any atom is -0.406 e. The lowest BCUT2D eigenvalue weighted by molar-refractivity contribution is -0.274. The molecule has 9 heteroatoms. The van der Waals surface area contributed by atoms with E-state index in [-0.39, 0.29) is 5.75 Å². The summed E-state index contributed by atoms with van der Waals surface area (Å²) in [5.41, 5.74) is 1.65. The van der Waals surface area contributed by atoms with Crippen LogP contribution in [0.1, 0.15) is 11.4 Å². The summed E-state index contributed by atoms with van der Waals surface area (Å²) in [5.74, 6) is 1.21. The highest BCUT2D eigenvalue weighted by Gasteiger charge is 2.31. The second-order valence-corrected chi connectivity index (χ2v) is 5.89.